The van der Waals surface area contributed by atoms with Crippen molar-refractivity contribution in [3.05, 3.63) is 82.7 Å². The van der Waals surface area contributed by atoms with E-state index in [4.69, 9.17) is 4.74 Å². The molecule has 2 unspecified atom stereocenters. The largest absolute Gasteiger partial charge is 0.492 e. The fourth-order valence-corrected chi connectivity index (χ4v) is 6.21. The molecule has 5 nitrogen and oxygen atoms in total. The smallest absolute Gasteiger partial charge is 0.303 e. The summed E-state index contributed by atoms with van der Waals surface area (Å²) in [5.41, 5.74) is 7.09. The van der Waals surface area contributed by atoms with Gasteiger partial charge in [0.1, 0.15) is 18.2 Å². The van der Waals surface area contributed by atoms with E-state index in [1.54, 1.807) is 6.07 Å². The summed E-state index contributed by atoms with van der Waals surface area (Å²) in [7, 11) is 0. The number of nitrogens with one attached hydrogen (secondary N) is 2. The van der Waals surface area contributed by atoms with Gasteiger partial charge < -0.3 is 20.5 Å². The van der Waals surface area contributed by atoms with Crippen LogP contribution in [0.5, 0.6) is 5.75 Å². The molecular formula is C33H37FN2O3. The van der Waals surface area contributed by atoms with Crippen molar-refractivity contribution < 1.29 is 19.0 Å². The Morgan fingerprint density at radius 1 is 1.10 bits per heavy atom. The van der Waals surface area contributed by atoms with Gasteiger partial charge in [-0.1, -0.05) is 39.0 Å². The average molecular weight is 529 g/mol. The molecule has 6 rings (SSSR count). The van der Waals surface area contributed by atoms with Gasteiger partial charge in [-0.05, 0) is 94.3 Å². The summed E-state index contributed by atoms with van der Waals surface area (Å²) < 4.78 is 21.1. The number of carbonyl (C=O) groups is 1. The van der Waals surface area contributed by atoms with E-state index in [1.807, 2.05) is 6.07 Å². The zero-order valence-corrected chi connectivity index (χ0v) is 22.9. The van der Waals surface area contributed by atoms with Crippen LogP contribution in [0.4, 0.5) is 10.1 Å². The van der Waals surface area contributed by atoms with E-state index < -0.39 is 5.97 Å². The minimum Gasteiger partial charge on any atom is -0.492 e. The number of halogens is 1. The summed E-state index contributed by atoms with van der Waals surface area (Å²) in [5.74, 6) is -0.173. The number of benzene rings is 3. The first kappa shape index (κ1) is 25.9. The molecular weight excluding hydrogens is 491 g/mol. The second kappa shape index (κ2) is 9.67. The monoisotopic (exact) mass is 528 g/mol. The minimum absolute atomic E-state index is 0.127. The molecule has 0 aromatic heterocycles. The van der Waals surface area contributed by atoms with Crippen molar-refractivity contribution >= 4 is 11.7 Å². The molecule has 1 heterocycles. The SMILES string of the molecule is CC(C)(C)c1ccc(CNc2ccc3c(c2)CC2(CC2)C3CC(=O)O)cc1-c1cc(OCC2CN2)ccc1F. The maximum absolute atomic E-state index is 15.2. The van der Waals surface area contributed by atoms with Crippen molar-refractivity contribution in [2.75, 3.05) is 18.5 Å². The Morgan fingerprint density at radius 3 is 2.59 bits per heavy atom. The van der Waals surface area contributed by atoms with E-state index in [0.717, 1.165) is 48.2 Å². The number of carboxylic acids is 1. The van der Waals surface area contributed by atoms with Gasteiger partial charge in [0.05, 0.1) is 12.5 Å². The lowest BCUT2D eigenvalue weighted by atomic mass is 9.81. The quantitative estimate of drug-likeness (QED) is 0.271. The number of fused-ring (bicyclic) bond motifs is 1. The second-order valence-electron chi connectivity index (χ2n) is 12.6. The molecule has 2 aliphatic carbocycles. The van der Waals surface area contributed by atoms with Crippen LogP contribution < -0.4 is 15.4 Å². The van der Waals surface area contributed by atoms with Gasteiger partial charge in [0.2, 0.25) is 0 Å². The standard InChI is InChI=1S/C33H37FN2O3/c1-32(2,3)28-8-4-20(12-26(28)27-14-24(6-9-30(27)34)39-19-23-18-36-23)17-35-22-5-7-25-21(13-22)16-33(10-11-33)29(25)15-31(37)38/h4-9,12-14,23,29,35-36H,10-11,15-19H2,1-3H3,(H,37,38). The lowest BCUT2D eigenvalue weighted by Gasteiger charge is -2.24. The fourth-order valence-electron chi connectivity index (χ4n) is 6.21. The molecule has 39 heavy (non-hydrogen) atoms. The molecule has 0 radical (unpaired) electrons. The summed E-state index contributed by atoms with van der Waals surface area (Å²) in [5, 5.41) is 16.2. The number of hydrogen-bond donors (Lipinski definition) is 3. The Balaban J connectivity index is 1.24. The number of hydrogen-bond acceptors (Lipinski definition) is 4. The Hall–Kier alpha value is -3.38. The Bertz CT molecular complexity index is 1420. The number of anilines is 1. The van der Waals surface area contributed by atoms with Crippen LogP contribution in [-0.2, 0) is 23.2 Å². The molecule has 0 bridgehead atoms. The lowest BCUT2D eigenvalue weighted by molar-refractivity contribution is -0.137. The summed E-state index contributed by atoms with van der Waals surface area (Å²) in [6.07, 6.45) is 3.41. The van der Waals surface area contributed by atoms with Crippen LogP contribution in [0.2, 0.25) is 0 Å². The maximum Gasteiger partial charge on any atom is 0.303 e. The highest BCUT2D eigenvalue weighted by atomic mass is 19.1. The molecule has 1 saturated carbocycles. The molecule has 204 valence electrons. The molecule has 2 fully saturated rings. The number of carboxylic acid groups (broad SMARTS) is 1. The van der Waals surface area contributed by atoms with Crippen LogP contribution in [-0.4, -0.2) is 30.3 Å². The van der Waals surface area contributed by atoms with Crippen LogP contribution >= 0.6 is 0 Å². The third-order valence-electron chi connectivity index (χ3n) is 8.63. The molecule has 3 aliphatic rings. The Kier molecular flexibility index (Phi) is 6.41. The van der Waals surface area contributed by atoms with Crippen molar-refractivity contribution in [2.45, 2.75) is 70.4 Å². The number of rotatable bonds is 9. The third-order valence-corrected chi connectivity index (χ3v) is 8.63. The van der Waals surface area contributed by atoms with Crippen molar-refractivity contribution in [3.8, 4) is 16.9 Å². The number of ether oxygens (including phenoxy) is 1. The fraction of sp³-hybridized carbons (Fsp3) is 0.424. The second-order valence-corrected chi connectivity index (χ2v) is 12.6. The van der Waals surface area contributed by atoms with E-state index in [-0.39, 0.29) is 29.0 Å². The topological polar surface area (TPSA) is 80.5 Å². The molecule has 1 saturated heterocycles. The van der Waals surface area contributed by atoms with Crippen molar-refractivity contribution in [1.82, 2.24) is 5.32 Å². The van der Waals surface area contributed by atoms with E-state index in [9.17, 15) is 9.90 Å². The lowest BCUT2D eigenvalue weighted by Crippen LogP contribution is -2.14. The molecule has 1 aliphatic heterocycles. The third kappa shape index (κ3) is 5.40. The van der Waals surface area contributed by atoms with Gasteiger partial charge in [0.25, 0.3) is 0 Å². The predicted octanol–water partition coefficient (Wildman–Crippen LogP) is 6.65. The highest BCUT2D eigenvalue weighted by Gasteiger charge is 2.54. The summed E-state index contributed by atoms with van der Waals surface area (Å²) in [6.45, 7) is 8.59. The Morgan fingerprint density at radius 2 is 1.90 bits per heavy atom. The van der Waals surface area contributed by atoms with Crippen LogP contribution in [0.1, 0.15) is 68.2 Å². The number of aliphatic carboxylic acids is 1. The van der Waals surface area contributed by atoms with E-state index in [1.165, 1.54) is 17.2 Å². The van der Waals surface area contributed by atoms with Crippen molar-refractivity contribution in [3.63, 3.8) is 0 Å². The predicted molar refractivity (Wildman–Crippen MR) is 152 cm³/mol. The van der Waals surface area contributed by atoms with Crippen LogP contribution in [0, 0.1) is 11.2 Å². The summed E-state index contributed by atoms with van der Waals surface area (Å²) in [6, 6.07) is 18.1. The summed E-state index contributed by atoms with van der Waals surface area (Å²) in [4.78, 5) is 11.5. The first-order chi connectivity index (χ1) is 18.6. The van der Waals surface area contributed by atoms with Gasteiger partial charge in [-0.15, -0.1) is 0 Å². The first-order valence-corrected chi connectivity index (χ1v) is 14.0. The average Bonchev–Trinajstić information content (AvgIpc) is 3.81. The van der Waals surface area contributed by atoms with Gasteiger partial charge in [-0.2, -0.15) is 0 Å². The molecule has 1 spiro atoms. The van der Waals surface area contributed by atoms with Gasteiger partial charge in [0, 0.05) is 30.3 Å². The molecule has 0 amide bonds. The molecule has 6 heteroatoms. The van der Waals surface area contributed by atoms with Gasteiger partial charge in [-0.25, -0.2) is 4.39 Å². The maximum atomic E-state index is 15.2. The highest BCUT2D eigenvalue weighted by Crippen LogP contribution is 2.64. The van der Waals surface area contributed by atoms with E-state index in [2.05, 4.69) is 67.8 Å². The molecule has 3 aromatic carbocycles. The van der Waals surface area contributed by atoms with Crippen molar-refractivity contribution in [1.29, 1.82) is 0 Å². The van der Waals surface area contributed by atoms with Crippen LogP contribution in [0.25, 0.3) is 11.1 Å². The normalized spacial score (nSPS) is 20.5. The van der Waals surface area contributed by atoms with Gasteiger partial charge >= 0.3 is 5.97 Å². The molecule has 2 atom stereocenters. The zero-order valence-electron chi connectivity index (χ0n) is 22.9. The zero-order chi connectivity index (χ0) is 27.4. The Labute approximate surface area is 229 Å². The van der Waals surface area contributed by atoms with Crippen LogP contribution in [0.15, 0.2) is 54.6 Å². The van der Waals surface area contributed by atoms with Crippen LogP contribution in [0.3, 0.4) is 0 Å². The van der Waals surface area contributed by atoms with E-state index in [0.29, 0.717) is 30.5 Å². The van der Waals surface area contributed by atoms with Crippen molar-refractivity contribution in [2.24, 2.45) is 5.41 Å². The summed E-state index contributed by atoms with van der Waals surface area (Å²) >= 11 is 0. The van der Waals surface area contributed by atoms with E-state index >= 15 is 4.39 Å². The molecule has 3 N–H and O–H groups in total. The van der Waals surface area contributed by atoms with Gasteiger partial charge in [-0.3, -0.25) is 4.79 Å². The van der Waals surface area contributed by atoms with Gasteiger partial charge in [0.15, 0.2) is 0 Å². The molecule has 3 aromatic rings. The highest BCUT2D eigenvalue weighted by molar-refractivity contribution is 5.72. The first-order valence-electron chi connectivity index (χ1n) is 14.0. The minimum atomic E-state index is -0.718.